The van der Waals surface area contributed by atoms with Crippen LogP contribution in [-0.4, -0.2) is 35.7 Å². The second-order valence-corrected chi connectivity index (χ2v) is 8.04. The molecule has 0 atom stereocenters. The first-order valence-corrected chi connectivity index (χ1v) is 10.0. The van der Waals surface area contributed by atoms with Gasteiger partial charge >= 0.3 is 12.5 Å². The van der Waals surface area contributed by atoms with Gasteiger partial charge in [0.05, 0.1) is 11.3 Å². The van der Waals surface area contributed by atoms with Crippen molar-refractivity contribution in [2.75, 3.05) is 13.1 Å². The maximum atomic E-state index is 13.0. The predicted molar refractivity (Wildman–Crippen MR) is 104 cm³/mol. The fourth-order valence-electron chi connectivity index (χ4n) is 3.99. The molecule has 1 fully saturated rings. The molecule has 10 heteroatoms. The molecule has 0 unspecified atom stereocenters. The van der Waals surface area contributed by atoms with Gasteiger partial charge in [-0.25, -0.2) is 0 Å². The van der Waals surface area contributed by atoms with Gasteiger partial charge in [0.2, 0.25) is 0 Å². The first-order chi connectivity index (χ1) is 15.0. The molecule has 172 valence electrons. The first kappa shape index (κ1) is 22.4. The highest BCUT2D eigenvalue weighted by Gasteiger charge is 2.42. The van der Waals surface area contributed by atoms with Gasteiger partial charge in [-0.15, -0.1) is 13.2 Å². The topological polar surface area (TPSA) is 34.1 Å². The van der Waals surface area contributed by atoms with Gasteiger partial charge in [-0.1, -0.05) is 29.4 Å². The molecule has 1 saturated heterocycles. The van der Waals surface area contributed by atoms with Crippen LogP contribution >= 0.6 is 0 Å². The van der Waals surface area contributed by atoms with Crippen molar-refractivity contribution < 1.29 is 35.9 Å². The molecular weight excluding hydrogens is 438 g/mol. The fourth-order valence-corrected chi connectivity index (χ4v) is 3.99. The van der Waals surface area contributed by atoms with Gasteiger partial charge in [0.15, 0.2) is 0 Å². The van der Waals surface area contributed by atoms with E-state index < -0.39 is 23.7 Å². The zero-order valence-corrected chi connectivity index (χ0v) is 16.8. The second-order valence-electron chi connectivity index (χ2n) is 8.04. The molecule has 0 saturated carbocycles. The molecule has 2 aliphatic rings. The summed E-state index contributed by atoms with van der Waals surface area (Å²) in [6.07, 6.45) is -7.41. The summed E-state index contributed by atoms with van der Waals surface area (Å²) in [5.41, 5.74) is 0.499. The zero-order chi connectivity index (χ0) is 23.0. The average Bonchev–Trinajstić information content (AvgIpc) is 3.14. The van der Waals surface area contributed by atoms with Crippen molar-refractivity contribution in [1.29, 1.82) is 0 Å². The van der Waals surface area contributed by atoms with E-state index in [0.717, 1.165) is 17.7 Å². The SMILES string of the molecule is FC(F)(F)Oc1ccc(CN2CCC3(CC2)CC(c2cccc(C(F)(F)F)c2)=NO3)cc1. The number of hydrogen-bond acceptors (Lipinski definition) is 4. The minimum atomic E-state index is -4.72. The van der Waals surface area contributed by atoms with E-state index in [9.17, 15) is 26.3 Å². The average molecular weight is 458 g/mol. The lowest BCUT2D eigenvalue weighted by molar-refractivity contribution is -0.274. The Hall–Kier alpha value is -2.75. The molecule has 2 aromatic carbocycles. The number of oxime groups is 1. The molecule has 0 bridgehead atoms. The van der Waals surface area contributed by atoms with Crippen molar-refractivity contribution in [2.45, 2.75) is 43.9 Å². The molecule has 2 aliphatic heterocycles. The molecule has 32 heavy (non-hydrogen) atoms. The van der Waals surface area contributed by atoms with Crippen LogP contribution in [0, 0.1) is 0 Å². The summed E-state index contributed by atoms with van der Waals surface area (Å²) >= 11 is 0. The summed E-state index contributed by atoms with van der Waals surface area (Å²) in [4.78, 5) is 7.84. The number of alkyl halides is 6. The Bertz CT molecular complexity index is 977. The van der Waals surface area contributed by atoms with E-state index in [0.29, 0.717) is 50.2 Å². The van der Waals surface area contributed by atoms with E-state index in [4.69, 9.17) is 4.84 Å². The fraction of sp³-hybridized carbons (Fsp3) is 0.409. The molecule has 2 aromatic rings. The minimum Gasteiger partial charge on any atom is -0.406 e. The van der Waals surface area contributed by atoms with E-state index in [2.05, 4.69) is 14.8 Å². The van der Waals surface area contributed by atoms with Gasteiger partial charge in [0, 0.05) is 44.5 Å². The highest BCUT2D eigenvalue weighted by molar-refractivity contribution is 6.01. The molecule has 2 heterocycles. The highest BCUT2D eigenvalue weighted by Crippen LogP contribution is 2.37. The number of nitrogens with zero attached hydrogens (tertiary/aromatic N) is 2. The summed E-state index contributed by atoms with van der Waals surface area (Å²) in [5.74, 6) is -0.266. The summed E-state index contributed by atoms with van der Waals surface area (Å²) in [7, 11) is 0. The van der Waals surface area contributed by atoms with Crippen LogP contribution in [0.25, 0.3) is 0 Å². The van der Waals surface area contributed by atoms with E-state index in [1.54, 1.807) is 18.2 Å². The lowest BCUT2D eigenvalue weighted by Gasteiger charge is -2.37. The Morgan fingerprint density at radius 1 is 0.969 bits per heavy atom. The Labute approximate surface area is 180 Å². The quantitative estimate of drug-likeness (QED) is 0.546. The third-order valence-corrected chi connectivity index (χ3v) is 5.69. The van der Waals surface area contributed by atoms with Crippen LogP contribution in [0.1, 0.15) is 36.0 Å². The number of rotatable bonds is 4. The molecule has 0 amide bonds. The lowest BCUT2D eigenvalue weighted by atomic mass is 9.85. The van der Waals surface area contributed by atoms with Crippen LogP contribution < -0.4 is 4.74 Å². The summed E-state index contributed by atoms with van der Waals surface area (Å²) < 4.78 is 79.6. The molecule has 0 N–H and O–H groups in total. The van der Waals surface area contributed by atoms with Gasteiger partial charge in [-0.2, -0.15) is 13.2 Å². The van der Waals surface area contributed by atoms with Crippen LogP contribution in [0.15, 0.2) is 53.7 Å². The summed E-state index contributed by atoms with van der Waals surface area (Å²) in [5, 5.41) is 4.08. The van der Waals surface area contributed by atoms with Crippen LogP contribution in [0.4, 0.5) is 26.3 Å². The number of hydrogen-bond donors (Lipinski definition) is 0. The van der Waals surface area contributed by atoms with E-state index in [1.165, 1.54) is 18.2 Å². The van der Waals surface area contributed by atoms with E-state index in [1.807, 2.05) is 0 Å². The zero-order valence-electron chi connectivity index (χ0n) is 16.8. The van der Waals surface area contributed by atoms with Crippen molar-refractivity contribution in [3.63, 3.8) is 0 Å². The van der Waals surface area contributed by atoms with Crippen molar-refractivity contribution in [1.82, 2.24) is 4.90 Å². The van der Waals surface area contributed by atoms with Gasteiger partial charge in [-0.3, -0.25) is 4.90 Å². The molecule has 1 spiro atoms. The summed E-state index contributed by atoms with van der Waals surface area (Å²) in [6, 6.07) is 10.8. The standard InChI is InChI=1S/C22H20F6N2O2/c23-21(24,25)17-3-1-2-16(12-17)19-13-20(32-29-19)8-10-30(11-9-20)14-15-4-6-18(7-5-15)31-22(26,27)28/h1-7,12H,8-11,13-14H2. The van der Waals surface area contributed by atoms with Gasteiger partial charge in [0.25, 0.3) is 0 Å². The number of ether oxygens (including phenoxy) is 1. The minimum absolute atomic E-state index is 0.266. The second kappa shape index (κ2) is 8.31. The lowest BCUT2D eigenvalue weighted by Crippen LogP contribution is -2.44. The summed E-state index contributed by atoms with van der Waals surface area (Å²) in [6.45, 7) is 1.90. The number of halogens is 6. The van der Waals surface area contributed by atoms with E-state index in [-0.39, 0.29) is 5.75 Å². The van der Waals surface area contributed by atoms with Crippen LogP contribution in [0.2, 0.25) is 0 Å². The predicted octanol–water partition coefficient (Wildman–Crippen LogP) is 5.76. The monoisotopic (exact) mass is 458 g/mol. The number of likely N-dealkylation sites (tertiary alicyclic amines) is 1. The molecule has 0 aromatic heterocycles. The third kappa shape index (κ3) is 5.35. The van der Waals surface area contributed by atoms with Crippen molar-refractivity contribution in [3.8, 4) is 5.75 Å². The van der Waals surface area contributed by atoms with Crippen LogP contribution in [-0.2, 0) is 17.6 Å². The van der Waals surface area contributed by atoms with E-state index >= 15 is 0 Å². The van der Waals surface area contributed by atoms with Gasteiger partial charge in [-0.05, 0) is 29.8 Å². The Balaban J connectivity index is 1.32. The molecule has 0 aliphatic carbocycles. The molecular formula is C22H20F6N2O2. The maximum absolute atomic E-state index is 13.0. The van der Waals surface area contributed by atoms with Crippen LogP contribution in [0.5, 0.6) is 5.75 Å². The van der Waals surface area contributed by atoms with Crippen molar-refractivity contribution in [3.05, 3.63) is 65.2 Å². The van der Waals surface area contributed by atoms with Crippen LogP contribution in [0.3, 0.4) is 0 Å². The van der Waals surface area contributed by atoms with Gasteiger partial charge < -0.3 is 9.57 Å². The first-order valence-electron chi connectivity index (χ1n) is 10.0. The third-order valence-electron chi connectivity index (χ3n) is 5.69. The number of benzene rings is 2. The normalized spacial score (nSPS) is 19.0. The Morgan fingerprint density at radius 3 is 2.28 bits per heavy atom. The highest BCUT2D eigenvalue weighted by atomic mass is 19.4. The largest absolute Gasteiger partial charge is 0.573 e. The Morgan fingerprint density at radius 2 is 1.66 bits per heavy atom. The molecule has 0 radical (unpaired) electrons. The molecule has 4 rings (SSSR count). The maximum Gasteiger partial charge on any atom is 0.573 e. The van der Waals surface area contributed by atoms with Gasteiger partial charge in [0.1, 0.15) is 11.4 Å². The molecule has 4 nitrogen and oxygen atoms in total. The smallest absolute Gasteiger partial charge is 0.406 e. The number of piperidine rings is 1. The Kier molecular flexibility index (Phi) is 5.83. The van der Waals surface area contributed by atoms with Crippen molar-refractivity contribution in [2.24, 2.45) is 5.16 Å². The van der Waals surface area contributed by atoms with Crippen molar-refractivity contribution >= 4 is 5.71 Å².